The van der Waals surface area contributed by atoms with Gasteiger partial charge in [-0.05, 0) is 24.3 Å². The van der Waals surface area contributed by atoms with E-state index in [0.717, 1.165) is 6.92 Å². The molecular formula is C16H16O8. The molecular weight excluding hydrogens is 320 g/mol. The predicted molar refractivity (Wildman–Crippen MR) is 83.4 cm³/mol. The zero-order chi connectivity index (χ0) is 18.7. The highest BCUT2D eigenvalue weighted by Crippen LogP contribution is 2.15. The number of benzene rings is 2. The zero-order valence-corrected chi connectivity index (χ0v) is 12.6. The van der Waals surface area contributed by atoms with E-state index in [4.69, 9.17) is 30.3 Å². The SMILES string of the molecule is CC(=O)O.O=C(O)c1ccccc1O.O=C(O)c1ccccc1O. The third-order valence-corrected chi connectivity index (χ3v) is 2.27. The summed E-state index contributed by atoms with van der Waals surface area (Å²) in [5.74, 6) is -3.46. The third kappa shape index (κ3) is 8.03. The summed E-state index contributed by atoms with van der Waals surface area (Å²) in [7, 11) is 0. The average Bonchev–Trinajstić information content (AvgIpc) is 2.47. The summed E-state index contributed by atoms with van der Waals surface area (Å²) in [4.78, 5) is 29.5. The third-order valence-electron chi connectivity index (χ3n) is 2.27. The number of aliphatic carboxylic acids is 1. The summed E-state index contributed by atoms with van der Waals surface area (Å²) in [6, 6.07) is 11.6. The fraction of sp³-hybridized carbons (Fsp3) is 0.0625. The number of rotatable bonds is 2. The lowest BCUT2D eigenvalue weighted by molar-refractivity contribution is -0.134. The first kappa shape index (κ1) is 20.5. The van der Waals surface area contributed by atoms with Crippen LogP contribution >= 0.6 is 0 Å². The molecule has 0 aliphatic carbocycles. The minimum absolute atomic E-state index is 0.0671. The molecule has 0 aromatic heterocycles. The Labute approximate surface area is 136 Å². The maximum Gasteiger partial charge on any atom is 0.339 e. The van der Waals surface area contributed by atoms with Crippen molar-refractivity contribution in [1.82, 2.24) is 0 Å². The van der Waals surface area contributed by atoms with Gasteiger partial charge in [-0.1, -0.05) is 24.3 Å². The fourth-order valence-corrected chi connectivity index (χ4v) is 1.31. The van der Waals surface area contributed by atoms with Gasteiger partial charge in [-0.15, -0.1) is 0 Å². The van der Waals surface area contributed by atoms with Gasteiger partial charge in [-0.25, -0.2) is 9.59 Å². The van der Waals surface area contributed by atoms with Gasteiger partial charge >= 0.3 is 11.9 Å². The van der Waals surface area contributed by atoms with Crippen molar-refractivity contribution in [1.29, 1.82) is 0 Å². The van der Waals surface area contributed by atoms with Crippen molar-refractivity contribution in [2.45, 2.75) is 6.92 Å². The molecule has 0 amide bonds. The van der Waals surface area contributed by atoms with Crippen LogP contribution in [0.15, 0.2) is 48.5 Å². The van der Waals surface area contributed by atoms with Crippen LogP contribution in [0, 0.1) is 0 Å². The molecule has 0 aliphatic heterocycles. The van der Waals surface area contributed by atoms with Crippen molar-refractivity contribution in [3.63, 3.8) is 0 Å². The normalized spacial score (nSPS) is 8.71. The van der Waals surface area contributed by atoms with E-state index in [2.05, 4.69) is 0 Å². The standard InChI is InChI=1S/2C7H6O3.C2H4O2/c2*8-6-4-2-1-3-5(6)7(9)10;1-2(3)4/h2*1-4,8H,(H,9,10);1H3,(H,3,4). The summed E-state index contributed by atoms with van der Waals surface area (Å²) >= 11 is 0. The van der Waals surface area contributed by atoms with Gasteiger partial charge in [0.2, 0.25) is 0 Å². The van der Waals surface area contributed by atoms with E-state index in [1.54, 1.807) is 24.3 Å². The lowest BCUT2D eigenvalue weighted by Gasteiger charge is -1.95. The number of hydrogen-bond donors (Lipinski definition) is 5. The molecule has 0 spiro atoms. The lowest BCUT2D eigenvalue weighted by Crippen LogP contribution is -1.95. The van der Waals surface area contributed by atoms with E-state index >= 15 is 0 Å². The number of hydrogen-bond acceptors (Lipinski definition) is 5. The van der Waals surface area contributed by atoms with E-state index in [1.165, 1.54) is 24.3 Å². The molecule has 5 N–H and O–H groups in total. The molecule has 24 heavy (non-hydrogen) atoms. The molecule has 0 radical (unpaired) electrons. The molecule has 2 rings (SSSR count). The molecule has 0 bridgehead atoms. The molecule has 2 aromatic carbocycles. The minimum atomic E-state index is -1.11. The van der Waals surface area contributed by atoms with Crippen LogP contribution in [-0.4, -0.2) is 43.4 Å². The van der Waals surface area contributed by atoms with Gasteiger partial charge < -0.3 is 25.5 Å². The van der Waals surface area contributed by atoms with Crippen molar-refractivity contribution in [3.05, 3.63) is 59.7 Å². The van der Waals surface area contributed by atoms with Gasteiger partial charge in [0.1, 0.15) is 22.6 Å². The molecule has 8 heteroatoms. The lowest BCUT2D eigenvalue weighted by atomic mass is 10.2. The van der Waals surface area contributed by atoms with Gasteiger partial charge in [0, 0.05) is 6.92 Å². The average molecular weight is 336 g/mol. The fourth-order valence-electron chi connectivity index (χ4n) is 1.31. The first-order valence-corrected chi connectivity index (χ1v) is 6.39. The highest BCUT2D eigenvalue weighted by molar-refractivity contribution is 5.91. The molecule has 8 nitrogen and oxygen atoms in total. The molecule has 0 heterocycles. The van der Waals surface area contributed by atoms with Crippen molar-refractivity contribution in [2.75, 3.05) is 0 Å². The zero-order valence-electron chi connectivity index (χ0n) is 12.6. The van der Waals surface area contributed by atoms with Crippen LogP contribution in [0.25, 0.3) is 0 Å². The number of phenols is 2. The van der Waals surface area contributed by atoms with E-state index in [-0.39, 0.29) is 22.6 Å². The number of aromatic hydroxyl groups is 2. The smallest absolute Gasteiger partial charge is 0.339 e. The van der Waals surface area contributed by atoms with Gasteiger partial charge in [-0.3, -0.25) is 4.79 Å². The quantitative estimate of drug-likeness (QED) is 0.560. The second kappa shape index (κ2) is 10.2. The van der Waals surface area contributed by atoms with Gasteiger partial charge in [0.25, 0.3) is 5.97 Å². The Morgan fingerprint density at radius 3 is 1.08 bits per heavy atom. The summed E-state index contributed by atoms with van der Waals surface area (Å²) < 4.78 is 0. The van der Waals surface area contributed by atoms with Crippen LogP contribution in [0.2, 0.25) is 0 Å². The maximum absolute atomic E-state index is 10.3. The molecule has 0 atom stereocenters. The summed E-state index contributed by atoms with van der Waals surface area (Å²) in [5.41, 5.74) is -0.134. The van der Waals surface area contributed by atoms with Gasteiger partial charge in [0.05, 0.1) is 0 Å². The molecule has 128 valence electrons. The van der Waals surface area contributed by atoms with E-state index in [9.17, 15) is 9.59 Å². The Hall–Kier alpha value is -3.55. The largest absolute Gasteiger partial charge is 0.507 e. The number of aromatic carboxylic acids is 2. The summed E-state index contributed by atoms with van der Waals surface area (Å²) in [5, 5.41) is 42.0. The second-order valence-corrected chi connectivity index (χ2v) is 4.16. The Bertz CT molecular complexity index is 649. The number of para-hydroxylation sites is 2. The molecule has 0 aliphatic rings. The van der Waals surface area contributed by atoms with Crippen molar-refractivity contribution in [3.8, 4) is 11.5 Å². The van der Waals surface area contributed by atoms with E-state index < -0.39 is 17.9 Å². The van der Waals surface area contributed by atoms with Crippen LogP contribution < -0.4 is 0 Å². The van der Waals surface area contributed by atoms with Crippen LogP contribution in [0.4, 0.5) is 0 Å². The highest BCUT2D eigenvalue weighted by Gasteiger charge is 2.06. The molecule has 0 fully saturated rings. The molecule has 0 saturated heterocycles. The van der Waals surface area contributed by atoms with Crippen LogP contribution in [0.5, 0.6) is 11.5 Å². The topological polar surface area (TPSA) is 152 Å². The Morgan fingerprint density at radius 1 is 0.667 bits per heavy atom. The number of carbonyl (C=O) groups is 3. The van der Waals surface area contributed by atoms with Crippen molar-refractivity contribution in [2.24, 2.45) is 0 Å². The van der Waals surface area contributed by atoms with Crippen molar-refractivity contribution < 1.29 is 39.9 Å². The highest BCUT2D eigenvalue weighted by atomic mass is 16.4. The van der Waals surface area contributed by atoms with E-state index in [1.807, 2.05) is 0 Å². The first-order chi connectivity index (χ1) is 11.2. The van der Waals surface area contributed by atoms with Crippen molar-refractivity contribution >= 4 is 17.9 Å². The number of carboxylic acids is 3. The van der Waals surface area contributed by atoms with Crippen LogP contribution in [-0.2, 0) is 4.79 Å². The van der Waals surface area contributed by atoms with Gasteiger partial charge in [-0.2, -0.15) is 0 Å². The molecule has 0 unspecified atom stereocenters. The first-order valence-electron chi connectivity index (χ1n) is 6.39. The van der Waals surface area contributed by atoms with Crippen LogP contribution in [0.3, 0.4) is 0 Å². The summed E-state index contributed by atoms with van der Waals surface area (Å²) in [6.45, 7) is 1.08. The molecule has 2 aromatic rings. The van der Waals surface area contributed by atoms with E-state index in [0.29, 0.717) is 0 Å². The second-order valence-electron chi connectivity index (χ2n) is 4.16. The Morgan fingerprint density at radius 2 is 0.917 bits per heavy atom. The Balaban J connectivity index is 0.000000363. The Kier molecular flexibility index (Phi) is 8.71. The monoisotopic (exact) mass is 336 g/mol. The number of carboxylic acid groups (broad SMARTS) is 3. The molecule has 0 saturated carbocycles. The summed E-state index contributed by atoms with van der Waals surface area (Å²) in [6.07, 6.45) is 0. The van der Waals surface area contributed by atoms with Gasteiger partial charge in [0.15, 0.2) is 0 Å². The minimum Gasteiger partial charge on any atom is -0.507 e. The van der Waals surface area contributed by atoms with Crippen LogP contribution in [0.1, 0.15) is 27.6 Å². The predicted octanol–water partition coefficient (Wildman–Crippen LogP) is 2.27. The maximum atomic E-state index is 10.3.